The summed E-state index contributed by atoms with van der Waals surface area (Å²) in [5.41, 5.74) is 8.13. The van der Waals surface area contributed by atoms with E-state index < -0.39 is 37.3 Å². The smallest absolute Gasteiger partial charge is 0.186 e. The van der Waals surface area contributed by atoms with Crippen LogP contribution in [0.25, 0.3) is 10.4 Å². The molecule has 1 heterocycles. The summed E-state index contributed by atoms with van der Waals surface area (Å²) in [5.74, 6) is 0. The van der Waals surface area contributed by atoms with Gasteiger partial charge >= 0.3 is 0 Å². The van der Waals surface area contributed by atoms with Crippen LogP contribution in [0, 0.1) is 0 Å². The van der Waals surface area contributed by atoms with Crippen molar-refractivity contribution >= 4 is 0 Å². The zero-order valence-electron chi connectivity index (χ0n) is 13.2. The third-order valence-electron chi connectivity index (χ3n) is 3.85. The summed E-state index contributed by atoms with van der Waals surface area (Å²) in [6, 6.07) is 0. The Bertz CT molecular complexity index is 364. The van der Waals surface area contributed by atoms with Crippen molar-refractivity contribution < 1.29 is 29.9 Å². The van der Waals surface area contributed by atoms with E-state index in [1.165, 1.54) is 0 Å². The molecule has 0 spiro atoms. The fraction of sp³-hybridized carbons (Fsp3) is 1.00. The van der Waals surface area contributed by atoms with Gasteiger partial charge in [0.15, 0.2) is 6.29 Å². The molecule has 5 atom stereocenters. The van der Waals surface area contributed by atoms with Crippen LogP contribution in [0.5, 0.6) is 0 Å². The van der Waals surface area contributed by atoms with Crippen LogP contribution >= 0.6 is 0 Å². The Balaban J connectivity index is 2.09. The van der Waals surface area contributed by atoms with Crippen molar-refractivity contribution in [2.24, 2.45) is 5.11 Å². The largest absolute Gasteiger partial charge is 0.394 e. The van der Waals surface area contributed by atoms with Crippen molar-refractivity contribution in [3.63, 3.8) is 0 Å². The summed E-state index contributed by atoms with van der Waals surface area (Å²) >= 11 is 0. The topological polar surface area (TPSA) is 148 Å². The lowest BCUT2D eigenvalue weighted by atomic mass is 9.99. The van der Waals surface area contributed by atoms with Crippen LogP contribution < -0.4 is 0 Å². The van der Waals surface area contributed by atoms with Crippen molar-refractivity contribution in [3.8, 4) is 0 Å². The molecule has 0 amide bonds. The minimum atomic E-state index is -1.40. The molecule has 0 bridgehead atoms. The van der Waals surface area contributed by atoms with E-state index in [-0.39, 0.29) is 0 Å². The van der Waals surface area contributed by atoms with E-state index in [2.05, 4.69) is 10.0 Å². The fourth-order valence-corrected chi connectivity index (χ4v) is 2.44. The zero-order valence-corrected chi connectivity index (χ0v) is 13.2. The molecule has 134 valence electrons. The van der Waals surface area contributed by atoms with Crippen molar-refractivity contribution in [2.75, 3.05) is 19.8 Å². The highest BCUT2D eigenvalue weighted by Gasteiger charge is 2.43. The highest BCUT2D eigenvalue weighted by Crippen LogP contribution is 2.22. The van der Waals surface area contributed by atoms with Gasteiger partial charge in [0.05, 0.1) is 6.61 Å². The molecule has 1 aliphatic rings. The van der Waals surface area contributed by atoms with Crippen molar-refractivity contribution in [1.82, 2.24) is 0 Å². The van der Waals surface area contributed by atoms with Crippen molar-refractivity contribution in [3.05, 3.63) is 10.4 Å². The molecule has 9 nitrogen and oxygen atoms in total. The summed E-state index contributed by atoms with van der Waals surface area (Å²) in [6.07, 6.45) is -0.336. The van der Waals surface area contributed by atoms with E-state index in [1.807, 2.05) is 0 Å². The Hall–Kier alpha value is -0.930. The molecule has 1 rings (SSSR count). The first-order valence-corrected chi connectivity index (χ1v) is 8.04. The average Bonchev–Trinajstić information content (AvgIpc) is 2.56. The molecule has 1 aliphatic heterocycles. The molecule has 0 aromatic rings. The lowest BCUT2D eigenvalue weighted by Crippen LogP contribution is -2.59. The van der Waals surface area contributed by atoms with Crippen molar-refractivity contribution in [1.29, 1.82) is 0 Å². The Morgan fingerprint density at radius 1 is 0.957 bits per heavy atom. The van der Waals surface area contributed by atoms with Gasteiger partial charge in [-0.2, -0.15) is 0 Å². The lowest BCUT2D eigenvalue weighted by molar-refractivity contribution is -0.301. The summed E-state index contributed by atoms with van der Waals surface area (Å²) in [7, 11) is 0. The second-order valence-electron chi connectivity index (χ2n) is 5.64. The summed E-state index contributed by atoms with van der Waals surface area (Å²) in [5, 5.41) is 41.6. The molecule has 0 aromatic carbocycles. The number of hydrogen-bond donors (Lipinski definition) is 4. The Morgan fingerprint density at radius 2 is 1.61 bits per heavy atom. The standard InChI is InChI=1S/C14H27N3O6/c15-17-16-7-5-3-1-2-4-6-8-22-14-13(21)12(20)11(19)10(9-18)23-14/h10-14,18-21H,1-9H2/t10-,11-,12+,13-,14-/m1/s1. The second kappa shape index (κ2) is 11.6. The average molecular weight is 333 g/mol. The molecule has 1 saturated heterocycles. The predicted octanol–water partition coefficient (Wildman–Crippen LogP) is 0.454. The van der Waals surface area contributed by atoms with Gasteiger partial charge in [-0.05, 0) is 18.4 Å². The van der Waals surface area contributed by atoms with E-state index in [0.29, 0.717) is 13.2 Å². The van der Waals surface area contributed by atoms with Crippen LogP contribution in [0.3, 0.4) is 0 Å². The molecule has 4 N–H and O–H groups in total. The molecule has 1 fully saturated rings. The van der Waals surface area contributed by atoms with Crippen LogP contribution in [0.4, 0.5) is 0 Å². The van der Waals surface area contributed by atoms with E-state index in [9.17, 15) is 15.3 Å². The van der Waals surface area contributed by atoms with E-state index in [1.54, 1.807) is 0 Å². The van der Waals surface area contributed by atoms with Crippen LogP contribution in [-0.2, 0) is 9.47 Å². The SMILES string of the molecule is [N-]=[N+]=NCCCCCCCCO[C@@H]1O[C@H](CO)[C@@H](O)[C@H](O)[C@H]1O. The predicted molar refractivity (Wildman–Crippen MR) is 81.4 cm³/mol. The minimum absolute atomic E-state index is 0.363. The Kier molecular flexibility index (Phi) is 10.1. The third kappa shape index (κ3) is 7.01. The number of ether oxygens (including phenoxy) is 2. The maximum Gasteiger partial charge on any atom is 0.186 e. The number of nitrogens with zero attached hydrogens (tertiary/aromatic N) is 3. The molecule has 23 heavy (non-hydrogen) atoms. The molecule has 0 aromatic heterocycles. The van der Waals surface area contributed by atoms with Gasteiger partial charge in [0.1, 0.15) is 24.4 Å². The third-order valence-corrected chi connectivity index (χ3v) is 3.85. The monoisotopic (exact) mass is 333 g/mol. The van der Waals surface area contributed by atoms with Gasteiger partial charge in [0.25, 0.3) is 0 Å². The van der Waals surface area contributed by atoms with Crippen LogP contribution in [-0.4, -0.2) is 70.9 Å². The van der Waals surface area contributed by atoms with E-state index >= 15 is 0 Å². The van der Waals surface area contributed by atoms with Crippen LogP contribution in [0.2, 0.25) is 0 Å². The van der Waals surface area contributed by atoms with Gasteiger partial charge < -0.3 is 29.9 Å². The van der Waals surface area contributed by atoms with Gasteiger partial charge in [-0.1, -0.05) is 30.8 Å². The molecule has 0 aliphatic carbocycles. The van der Waals surface area contributed by atoms with Crippen LogP contribution in [0.1, 0.15) is 38.5 Å². The van der Waals surface area contributed by atoms with Crippen molar-refractivity contribution in [2.45, 2.75) is 69.2 Å². The number of unbranched alkanes of at least 4 members (excludes halogenated alkanes) is 5. The number of hydrogen-bond acceptors (Lipinski definition) is 7. The van der Waals surface area contributed by atoms with Gasteiger partial charge in [0, 0.05) is 18.1 Å². The maximum absolute atomic E-state index is 9.79. The first kappa shape index (κ1) is 20.1. The molecule has 0 saturated carbocycles. The first-order chi connectivity index (χ1) is 11.1. The number of azide groups is 1. The number of rotatable bonds is 11. The summed E-state index contributed by atoms with van der Waals surface area (Å²) in [6.45, 7) is 0.443. The van der Waals surface area contributed by atoms with Gasteiger partial charge in [-0.3, -0.25) is 0 Å². The van der Waals surface area contributed by atoms with Gasteiger partial charge in [-0.25, -0.2) is 0 Å². The zero-order chi connectivity index (χ0) is 17.1. The molecular formula is C14H27N3O6. The number of aliphatic hydroxyl groups is 4. The second-order valence-corrected chi connectivity index (χ2v) is 5.64. The molecule has 9 heteroatoms. The molecular weight excluding hydrogens is 306 g/mol. The summed E-state index contributed by atoms with van der Waals surface area (Å²) in [4.78, 5) is 2.69. The maximum atomic E-state index is 9.79. The number of aliphatic hydroxyl groups excluding tert-OH is 4. The van der Waals surface area contributed by atoms with E-state index in [0.717, 1.165) is 38.5 Å². The first-order valence-electron chi connectivity index (χ1n) is 8.04. The highest BCUT2D eigenvalue weighted by molar-refractivity contribution is 4.88. The Labute approximate surface area is 135 Å². The summed E-state index contributed by atoms with van der Waals surface area (Å²) < 4.78 is 10.6. The Morgan fingerprint density at radius 3 is 2.26 bits per heavy atom. The van der Waals surface area contributed by atoms with Gasteiger partial charge in [-0.15, -0.1) is 0 Å². The highest BCUT2D eigenvalue weighted by atomic mass is 16.7. The lowest BCUT2D eigenvalue weighted by Gasteiger charge is -2.39. The van der Waals surface area contributed by atoms with Gasteiger partial charge in [0.2, 0.25) is 0 Å². The quantitative estimate of drug-likeness (QED) is 0.187. The minimum Gasteiger partial charge on any atom is -0.394 e. The molecule has 0 unspecified atom stereocenters. The fourth-order valence-electron chi connectivity index (χ4n) is 2.44. The molecule has 0 radical (unpaired) electrons. The normalized spacial score (nSPS) is 30.9. The van der Waals surface area contributed by atoms with Crippen LogP contribution in [0.15, 0.2) is 5.11 Å². The van der Waals surface area contributed by atoms with E-state index in [4.69, 9.17) is 20.1 Å².